The summed E-state index contributed by atoms with van der Waals surface area (Å²) in [6, 6.07) is -0.866. The molecule has 0 aliphatic heterocycles. The molecule has 0 fully saturated rings. The van der Waals surface area contributed by atoms with Gasteiger partial charge >= 0.3 is 5.97 Å². The molecule has 0 amide bonds. The zero-order valence-electron chi connectivity index (χ0n) is 5.87. The summed E-state index contributed by atoms with van der Waals surface area (Å²) in [6.07, 6.45) is 0. The van der Waals surface area contributed by atoms with Gasteiger partial charge in [-0.15, -0.1) is 11.7 Å². The standard InChI is InChI=1S/C5H11NO2S2/c1-5(2,10-9)3(6)4(7)8/h3,9H,6H2,1-2H3,(H,7,8). The van der Waals surface area contributed by atoms with Crippen molar-refractivity contribution in [3.8, 4) is 0 Å². The van der Waals surface area contributed by atoms with Gasteiger partial charge in [0, 0.05) is 4.75 Å². The number of carboxylic acids is 1. The fourth-order valence-electron chi connectivity index (χ4n) is 0.354. The predicted octanol–water partition coefficient (Wildman–Crippen LogP) is 0.755. The molecule has 0 aliphatic carbocycles. The van der Waals surface area contributed by atoms with E-state index in [1.165, 1.54) is 0 Å². The van der Waals surface area contributed by atoms with E-state index < -0.39 is 16.8 Å². The van der Waals surface area contributed by atoms with Gasteiger partial charge in [0.2, 0.25) is 0 Å². The molecular formula is C5H11NO2S2. The van der Waals surface area contributed by atoms with Crippen LogP contribution in [0.1, 0.15) is 13.8 Å². The molecule has 0 saturated heterocycles. The Morgan fingerprint density at radius 1 is 1.80 bits per heavy atom. The molecule has 1 atom stereocenters. The second kappa shape index (κ2) is 3.50. The van der Waals surface area contributed by atoms with Crippen molar-refractivity contribution < 1.29 is 9.90 Å². The van der Waals surface area contributed by atoms with E-state index in [-0.39, 0.29) is 0 Å². The van der Waals surface area contributed by atoms with Crippen molar-refractivity contribution >= 4 is 28.4 Å². The van der Waals surface area contributed by atoms with Gasteiger partial charge in [-0.25, -0.2) is 0 Å². The Kier molecular flexibility index (Phi) is 3.55. The van der Waals surface area contributed by atoms with Gasteiger partial charge in [0.1, 0.15) is 6.04 Å². The third-order valence-corrected chi connectivity index (χ3v) is 3.39. The Labute approximate surface area is 69.2 Å². The van der Waals surface area contributed by atoms with E-state index in [1.54, 1.807) is 13.8 Å². The van der Waals surface area contributed by atoms with Crippen LogP contribution in [0.25, 0.3) is 0 Å². The molecule has 5 heteroatoms. The SMILES string of the molecule is CC(C)(SS)C(N)C(=O)O. The van der Waals surface area contributed by atoms with E-state index >= 15 is 0 Å². The van der Waals surface area contributed by atoms with Crippen molar-refractivity contribution in [3.63, 3.8) is 0 Å². The largest absolute Gasteiger partial charge is 0.480 e. The highest BCUT2D eigenvalue weighted by molar-refractivity contribution is 8.69. The molecule has 1 unspecified atom stereocenters. The number of hydrogen-bond acceptors (Lipinski definition) is 4. The summed E-state index contributed by atoms with van der Waals surface area (Å²) in [6.45, 7) is 3.48. The molecule has 0 aliphatic rings. The Balaban J connectivity index is 4.17. The number of hydrogen-bond donors (Lipinski definition) is 3. The minimum Gasteiger partial charge on any atom is -0.480 e. The van der Waals surface area contributed by atoms with Crippen LogP contribution >= 0.6 is 22.5 Å². The van der Waals surface area contributed by atoms with Gasteiger partial charge in [0.25, 0.3) is 0 Å². The molecule has 0 aromatic heterocycles. The summed E-state index contributed by atoms with van der Waals surface area (Å²) in [4.78, 5) is 10.3. The number of nitrogens with two attached hydrogens (primary N) is 1. The first kappa shape index (κ1) is 10.1. The van der Waals surface area contributed by atoms with Gasteiger partial charge in [-0.2, -0.15) is 0 Å². The Morgan fingerprint density at radius 2 is 2.20 bits per heavy atom. The van der Waals surface area contributed by atoms with E-state index in [0.717, 1.165) is 10.8 Å². The van der Waals surface area contributed by atoms with Crippen LogP contribution in [0.5, 0.6) is 0 Å². The highest BCUT2D eigenvalue weighted by Crippen LogP contribution is 2.29. The highest BCUT2D eigenvalue weighted by atomic mass is 33.1. The molecule has 3 nitrogen and oxygen atoms in total. The van der Waals surface area contributed by atoms with Crippen molar-refractivity contribution in [3.05, 3.63) is 0 Å². The molecule has 0 rings (SSSR count). The van der Waals surface area contributed by atoms with Crippen LogP contribution in [0.2, 0.25) is 0 Å². The average Bonchev–Trinajstić information content (AvgIpc) is 1.86. The topological polar surface area (TPSA) is 63.3 Å². The van der Waals surface area contributed by atoms with E-state index in [9.17, 15) is 4.79 Å². The lowest BCUT2D eigenvalue weighted by atomic mass is 10.1. The van der Waals surface area contributed by atoms with Crippen LogP contribution in [0.4, 0.5) is 0 Å². The number of carboxylic acid groups (broad SMARTS) is 1. The van der Waals surface area contributed by atoms with E-state index in [1.807, 2.05) is 0 Å². The number of aliphatic carboxylic acids is 1. The number of rotatable bonds is 3. The summed E-state index contributed by atoms with van der Waals surface area (Å²) in [5, 5.41) is 8.48. The smallest absolute Gasteiger partial charge is 0.321 e. The molecule has 0 spiro atoms. The minimum absolute atomic E-state index is 0.519. The first-order chi connectivity index (χ1) is 4.41. The van der Waals surface area contributed by atoms with Gasteiger partial charge in [-0.3, -0.25) is 4.79 Å². The Hall–Kier alpha value is 0.130. The lowest BCUT2D eigenvalue weighted by Crippen LogP contribution is -2.46. The number of carbonyl (C=O) groups is 1. The minimum atomic E-state index is -0.994. The summed E-state index contributed by atoms with van der Waals surface area (Å²) in [5.41, 5.74) is 5.34. The maximum absolute atomic E-state index is 10.3. The Morgan fingerprint density at radius 3 is 2.30 bits per heavy atom. The molecule has 0 aromatic rings. The fourth-order valence-corrected chi connectivity index (χ4v) is 0.909. The highest BCUT2D eigenvalue weighted by Gasteiger charge is 2.31. The van der Waals surface area contributed by atoms with Crippen LogP contribution in [0, 0.1) is 0 Å². The first-order valence-electron chi connectivity index (χ1n) is 2.73. The van der Waals surface area contributed by atoms with Gasteiger partial charge < -0.3 is 10.8 Å². The molecule has 0 aromatic carbocycles. The zero-order chi connectivity index (χ0) is 8.36. The monoisotopic (exact) mass is 181 g/mol. The van der Waals surface area contributed by atoms with Gasteiger partial charge in [0.15, 0.2) is 0 Å². The van der Waals surface area contributed by atoms with Crippen LogP contribution < -0.4 is 5.73 Å². The molecule has 0 heterocycles. The van der Waals surface area contributed by atoms with E-state index in [4.69, 9.17) is 10.8 Å². The molecule has 3 N–H and O–H groups in total. The summed E-state index contributed by atoms with van der Waals surface area (Å²) < 4.78 is -0.519. The molecule has 0 saturated carbocycles. The third kappa shape index (κ3) is 2.40. The number of thiol groups is 1. The van der Waals surface area contributed by atoms with Crippen LogP contribution in [-0.2, 0) is 4.79 Å². The van der Waals surface area contributed by atoms with E-state index in [2.05, 4.69) is 11.7 Å². The lowest BCUT2D eigenvalue weighted by molar-refractivity contribution is -0.139. The van der Waals surface area contributed by atoms with Crippen molar-refractivity contribution in [2.75, 3.05) is 0 Å². The van der Waals surface area contributed by atoms with Gasteiger partial charge in [-0.05, 0) is 13.8 Å². The van der Waals surface area contributed by atoms with Crippen LogP contribution in [0.15, 0.2) is 0 Å². The predicted molar refractivity (Wildman–Crippen MR) is 46.3 cm³/mol. The normalized spacial score (nSPS) is 14.8. The van der Waals surface area contributed by atoms with Crippen molar-refractivity contribution in [2.45, 2.75) is 24.6 Å². The third-order valence-electron chi connectivity index (χ3n) is 1.25. The molecule has 60 valence electrons. The Bertz CT molecular complexity index is 138. The molecule has 0 bridgehead atoms. The summed E-state index contributed by atoms with van der Waals surface area (Å²) >= 11 is 3.91. The van der Waals surface area contributed by atoms with Crippen LogP contribution in [0.3, 0.4) is 0 Å². The van der Waals surface area contributed by atoms with Crippen molar-refractivity contribution in [1.29, 1.82) is 0 Å². The van der Waals surface area contributed by atoms with E-state index in [0.29, 0.717) is 0 Å². The van der Waals surface area contributed by atoms with Crippen molar-refractivity contribution in [1.82, 2.24) is 0 Å². The van der Waals surface area contributed by atoms with Crippen molar-refractivity contribution in [2.24, 2.45) is 5.73 Å². The molecule has 0 radical (unpaired) electrons. The fraction of sp³-hybridized carbons (Fsp3) is 0.800. The second-order valence-electron chi connectivity index (χ2n) is 2.51. The maximum Gasteiger partial charge on any atom is 0.321 e. The lowest BCUT2D eigenvalue weighted by Gasteiger charge is -2.24. The van der Waals surface area contributed by atoms with Crippen LogP contribution in [-0.4, -0.2) is 21.9 Å². The first-order valence-corrected chi connectivity index (χ1v) is 4.59. The zero-order valence-corrected chi connectivity index (χ0v) is 7.58. The quantitative estimate of drug-likeness (QED) is 0.444. The second-order valence-corrected chi connectivity index (χ2v) is 4.29. The molecular weight excluding hydrogens is 170 g/mol. The summed E-state index contributed by atoms with van der Waals surface area (Å²) in [7, 11) is 1.15. The average molecular weight is 181 g/mol. The summed E-state index contributed by atoms with van der Waals surface area (Å²) in [5.74, 6) is -0.994. The van der Waals surface area contributed by atoms with Gasteiger partial charge in [-0.1, -0.05) is 10.8 Å². The molecule has 10 heavy (non-hydrogen) atoms. The maximum atomic E-state index is 10.3. The van der Waals surface area contributed by atoms with Gasteiger partial charge in [0.05, 0.1) is 0 Å².